The highest BCUT2D eigenvalue weighted by Gasteiger charge is 2.22. The van der Waals surface area contributed by atoms with E-state index in [0.717, 1.165) is 11.8 Å². The summed E-state index contributed by atoms with van der Waals surface area (Å²) in [6, 6.07) is 9.76. The maximum absolute atomic E-state index is 11.1. The molecule has 3 heterocycles. The number of hydrogen-bond acceptors (Lipinski definition) is 8. The third-order valence-electron chi connectivity index (χ3n) is 3.76. The normalized spacial score (nSPS) is 15.0. The fraction of sp³-hybridized carbons (Fsp3) is 0.211. The number of methoxy groups -OCH3 is 1. The van der Waals surface area contributed by atoms with Gasteiger partial charge in [0, 0.05) is 29.0 Å². The van der Waals surface area contributed by atoms with Crippen molar-refractivity contribution in [1.29, 1.82) is 0 Å². The van der Waals surface area contributed by atoms with Crippen LogP contribution in [0.3, 0.4) is 0 Å². The number of hydrogen-bond donors (Lipinski definition) is 0. The van der Waals surface area contributed by atoms with Gasteiger partial charge in [-0.05, 0) is 12.1 Å². The first kappa shape index (κ1) is 20.9. The van der Waals surface area contributed by atoms with Crippen LogP contribution in [-0.2, 0) is 10.1 Å². The van der Waals surface area contributed by atoms with Crippen LogP contribution in [0.25, 0.3) is 0 Å². The average molecular weight is 437 g/mol. The van der Waals surface area contributed by atoms with Gasteiger partial charge in [0.25, 0.3) is 0 Å². The quantitative estimate of drug-likeness (QED) is 0.564. The van der Waals surface area contributed by atoms with E-state index in [1.54, 1.807) is 0 Å². The van der Waals surface area contributed by atoms with Crippen molar-refractivity contribution in [2.45, 2.75) is 11.0 Å². The van der Waals surface area contributed by atoms with E-state index in [9.17, 15) is 13.0 Å². The summed E-state index contributed by atoms with van der Waals surface area (Å²) in [6.45, 7) is 0.565. The van der Waals surface area contributed by atoms with Gasteiger partial charge in [-0.1, -0.05) is 6.07 Å². The molecule has 0 aliphatic carbocycles. The third-order valence-corrected chi connectivity index (χ3v) is 5.34. The van der Waals surface area contributed by atoms with E-state index >= 15 is 0 Å². The highest BCUT2D eigenvalue weighted by Crippen LogP contribution is 2.35. The second-order valence-corrected chi connectivity index (χ2v) is 7.90. The minimum Gasteiger partial charge on any atom is -0.744 e. The Morgan fingerprint density at radius 3 is 2.59 bits per heavy atom. The van der Waals surface area contributed by atoms with Crippen LogP contribution < -0.4 is 23.9 Å². The minimum absolute atomic E-state index is 0.0570. The standard InChI is InChI=1S/C14H14O7S2.C5H5N/c1-18-11-4-9(2-3-14(11)23(15,16)17)19-5-10-6-20-12-7-22-8-13(12)21-10;1-2-4-6-5-3-1/h2-4,7-8,10H,5-6H2,1H3,(H,15,16,17);1-5H. The molecule has 4 rings (SSSR count). The molecule has 0 radical (unpaired) electrons. The molecule has 10 heteroatoms. The maximum Gasteiger partial charge on any atom is 0.172 e. The highest BCUT2D eigenvalue weighted by atomic mass is 32.2. The first-order chi connectivity index (χ1) is 14.0. The number of thiophene rings is 1. The van der Waals surface area contributed by atoms with Crippen molar-refractivity contribution >= 4 is 21.5 Å². The van der Waals surface area contributed by atoms with Gasteiger partial charge >= 0.3 is 0 Å². The van der Waals surface area contributed by atoms with E-state index in [1.807, 2.05) is 41.4 Å². The predicted octanol–water partition coefficient (Wildman–Crippen LogP) is 2.38. The average Bonchev–Trinajstić information content (AvgIpc) is 3.21. The molecule has 1 unspecified atom stereocenters. The lowest BCUT2D eigenvalue weighted by molar-refractivity contribution is -0.377. The fourth-order valence-electron chi connectivity index (χ4n) is 2.42. The SMILES string of the molecule is COc1cc(OCC2COc3cscc3O2)ccc1S(=O)(=O)[O-].c1cc[nH+]cc1. The van der Waals surface area contributed by atoms with Gasteiger partial charge in [0.15, 0.2) is 30.0 Å². The van der Waals surface area contributed by atoms with Crippen LogP contribution in [0, 0.1) is 0 Å². The van der Waals surface area contributed by atoms with Crippen LogP contribution in [0.15, 0.2) is 64.4 Å². The molecule has 0 fully saturated rings. The molecule has 8 nitrogen and oxygen atoms in total. The molecule has 2 aromatic heterocycles. The molecule has 1 aliphatic rings. The maximum atomic E-state index is 11.1. The van der Waals surface area contributed by atoms with Gasteiger partial charge in [0.05, 0.1) is 12.0 Å². The Morgan fingerprint density at radius 1 is 1.21 bits per heavy atom. The van der Waals surface area contributed by atoms with Crippen LogP contribution in [0.4, 0.5) is 0 Å². The van der Waals surface area contributed by atoms with Crippen molar-refractivity contribution < 1.29 is 36.9 Å². The smallest absolute Gasteiger partial charge is 0.172 e. The summed E-state index contributed by atoms with van der Waals surface area (Å²) >= 11 is 1.49. The molecule has 3 aromatic rings. The van der Waals surface area contributed by atoms with Gasteiger partial charge < -0.3 is 23.5 Å². The van der Waals surface area contributed by atoms with Crippen LogP contribution in [0.1, 0.15) is 0 Å². The molecule has 0 saturated heterocycles. The first-order valence-electron chi connectivity index (χ1n) is 8.51. The molecular formula is C19H19NO7S2. The molecule has 1 aliphatic heterocycles. The Bertz CT molecular complexity index is 995. The van der Waals surface area contributed by atoms with E-state index in [4.69, 9.17) is 18.9 Å². The summed E-state index contributed by atoms with van der Waals surface area (Å²) in [5.41, 5.74) is 0. The largest absolute Gasteiger partial charge is 0.744 e. The van der Waals surface area contributed by atoms with Crippen molar-refractivity contribution in [2.24, 2.45) is 0 Å². The number of rotatable bonds is 5. The minimum atomic E-state index is -4.60. The lowest BCUT2D eigenvalue weighted by atomic mass is 10.3. The number of ether oxygens (including phenoxy) is 4. The van der Waals surface area contributed by atoms with Crippen molar-refractivity contribution in [3.8, 4) is 23.0 Å². The zero-order valence-corrected chi connectivity index (χ0v) is 17.1. The molecule has 0 bridgehead atoms. The summed E-state index contributed by atoms with van der Waals surface area (Å²) in [5, 5.41) is 3.71. The van der Waals surface area contributed by atoms with Crippen LogP contribution >= 0.6 is 11.3 Å². The summed E-state index contributed by atoms with van der Waals surface area (Å²) in [7, 11) is -3.32. The van der Waals surface area contributed by atoms with E-state index < -0.39 is 15.0 Å². The van der Waals surface area contributed by atoms with E-state index in [-0.39, 0.29) is 18.5 Å². The number of aromatic nitrogens is 1. The Balaban J connectivity index is 0.000000343. The molecule has 0 amide bonds. The van der Waals surface area contributed by atoms with Gasteiger partial charge in [-0.15, -0.1) is 11.3 Å². The molecule has 1 atom stereocenters. The van der Waals surface area contributed by atoms with Gasteiger partial charge in [0.1, 0.15) is 34.8 Å². The monoisotopic (exact) mass is 437 g/mol. The van der Waals surface area contributed by atoms with Crippen molar-refractivity contribution in [3.63, 3.8) is 0 Å². The molecular weight excluding hydrogens is 418 g/mol. The Kier molecular flexibility index (Phi) is 6.91. The Morgan fingerprint density at radius 2 is 1.97 bits per heavy atom. The fourth-order valence-corrected chi connectivity index (χ4v) is 3.71. The first-order valence-corrected chi connectivity index (χ1v) is 10.9. The lowest BCUT2D eigenvalue weighted by Gasteiger charge is -2.24. The summed E-state index contributed by atoms with van der Waals surface area (Å²) < 4.78 is 55.1. The topological polar surface area (TPSA) is 108 Å². The van der Waals surface area contributed by atoms with E-state index in [0.29, 0.717) is 18.1 Å². The summed E-state index contributed by atoms with van der Waals surface area (Å²) in [6.07, 6.45) is 3.46. The van der Waals surface area contributed by atoms with Crippen LogP contribution in [0.2, 0.25) is 0 Å². The van der Waals surface area contributed by atoms with Crippen molar-refractivity contribution in [2.75, 3.05) is 20.3 Å². The van der Waals surface area contributed by atoms with E-state index in [2.05, 4.69) is 4.98 Å². The number of benzene rings is 1. The number of nitrogens with one attached hydrogen (secondary N) is 1. The molecule has 1 aromatic carbocycles. The number of aromatic amines is 1. The van der Waals surface area contributed by atoms with Crippen molar-refractivity contribution in [3.05, 3.63) is 59.6 Å². The number of H-pyrrole nitrogens is 1. The lowest BCUT2D eigenvalue weighted by Crippen LogP contribution is -2.34. The molecule has 0 spiro atoms. The predicted molar refractivity (Wildman–Crippen MR) is 104 cm³/mol. The second-order valence-electron chi connectivity index (χ2n) is 5.81. The van der Waals surface area contributed by atoms with Gasteiger partial charge in [-0.25, -0.2) is 13.4 Å². The number of pyridine rings is 1. The van der Waals surface area contributed by atoms with Crippen LogP contribution in [-0.4, -0.2) is 39.4 Å². The molecule has 0 saturated carbocycles. The molecule has 154 valence electrons. The van der Waals surface area contributed by atoms with Gasteiger partial charge in [-0.3, -0.25) is 0 Å². The Labute approximate surface area is 172 Å². The zero-order valence-electron chi connectivity index (χ0n) is 15.4. The van der Waals surface area contributed by atoms with Crippen molar-refractivity contribution in [1.82, 2.24) is 0 Å². The summed E-state index contributed by atoms with van der Waals surface area (Å²) in [5.74, 6) is 1.71. The van der Waals surface area contributed by atoms with Gasteiger partial charge in [0.2, 0.25) is 0 Å². The van der Waals surface area contributed by atoms with E-state index in [1.165, 1.54) is 30.6 Å². The second kappa shape index (κ2) is 9.59. The van der Waals surface area contributed by atoms with Gasteiger partial charge in [-0.2, -0.15) is 0 Å². The molecule has 29 heavy (non-hydrogen) atoms. The van der Waals surface area contributed by atoms with Crippen LogP contribution in [0.5, 0.6) is 23.0 Å². The third kappa shape index (κ3) is 5.83. The zero-order chi connectivity index (χ0) is 20.7. The summed E-state index contributed by atoms with van der Waals surface area (Å²) in [4.78, 5) is 2.47. The molecule has 1 N–H and O–H groups in total. The highest BCUT2D eigenvalue weighted by molar-refractivity contribution is 7.85. The number of fused-ring (bicyclic) bond motifs is 1. The Hall–Kier alpha value is -2.82.